The van der Waals surface area contributed by atoms with Crippen LogP contribution >= 0.6 is 31.9 Å². The van der Waals surface area contributed by atoms with Crippen LogP contribution in [-0.4, -0.2) is 15.6 Å². The quantitative estimate of drug-likeness (QED) is 0.771. The van der Waals surface area contributed by atoms with E-state index in [2.05, 4.69) is 37.0 Å². The van der Waals surface area contributed by atoms with Gasteiger partial charge in [-0.05, 0) is 34.5 Å². The van der Waals surface area contributed by atoms with Crippen molar-refractivity contribution in [2.75, 3.05) is 0 Å². The zero-order chi connectivity index (χ0) is 12.6. The Morgan fingerprint density at radius 1 is 1.29 bits per heavy atom. The van der Waals surface area contributed by atoms with E-state index in [-0.39, 0.29) is 5.78 Å². The van der Waals surface area contributed by atoms with Gasteiger partial charge in [-0.2, -0.15) is 5.10 Å². The van der Waals surface area contributed by atoms with Gasteiger partial charge in [-0.25, -0.2) is 0 Å². The van der Waals surface area contributed by atoms with Gasteiger partial charge in [0, 0.05) is 17.1 Å². The molecular weight excluding hydrogens is 348 g/mol. The highest BCUT2D eigenvalue weighted by atomic mass is 79.9. The van der Waals surface area contributed by atoms with Gasteiger partial charge in [0.1, 0.15) is 5.69 Å². The summed E-state index contributed by atoms with van der Waals surface area (Å²) in [6.45, 7) is 1.92. The van der Waals surface area contributed by atoms with E-state index in [1.807, 2.05) is 25.1 Å². The summed E-state index contributed by atoms with van der Waals surface area (Å²) in [5.41, 5.74) is 2.18. The molecule has 0 aliphatic heterocycles. The molecule has 88 valence electrons. The van der Waals surface area contributed by atoms with Crippen LogP contribution in [0, 0.1) is 6.92 Å². The number of halogens is 2. The average molecular weight is 358 g/mol. The van der Waals surface area contributed by atoms with Crippen LogP contribution in [0.2, 0.25) is 0 Å². The van der Waals surface area contributed by atoms with E-state index in [4.69, 9.17) is 0 Å². The highest BCUT2D eigenvalue weighted by Crippen LogP contribution is 2.24. The summed E-state index contributed by atoms with van der Waals surface area (Å²) < 4.78 is 3.22. The first-order valence-corrected chi connectivity index (χ1v) is 6.58. The number of ketones is 1. The normalized spacial score (nSPS) is 10.6. The second-order valence-corrected chi connectivity index (χ2v) is 5.41. The molecule has 0 radical (unpaired) electrons. The van der Waals surface area contributed by atoms with E-state index >= 15 is 0 Å². The number of benzene rings is 1. The fraction of sp³-hybridized carbons (Fsp3) is 0.167. The zero-order valence-electron chi connectivity index (χ0n) is 9.37. The van der Waals surface area contributed by atoms with Crippen molar-refractivity contribution < 1.29 is 4.79 Å². The van der Waals surface area contributed by atoms with Crippen LogP contribution in [0.15, 0.2) is 33.3 Å². The lowest BCUT2D eigenvalue weighted by Gasteiger charge is -2.07. The Kier molecular flexibility index (Phi) is 3.49. The smallest absolute Gasteiger partial charge is 0.212 e. The third-order valence-corrected chi connectivity index (χ3v) is 4.06. The summed E-state index contributed by atoms with van der Waals surface area (Å²) in [5.74, 6) is -0.0318. The number of carbonyl (C=O) groups is 1. The van der Waals surface area contributed by atoms with Crippen LogP contribution in [-0.2, 0) is 7.05 Å². The van der Waals surface area contributed by atoms with Crippen molar-refractivity contribution in [3.05, 3.63) is 50.2 Å². The molecule has 1 aromatic carbocycles. The summed E-state index contributed by atoms with van der Waals surface area (Å²) in [7, 11) is 1.76. The van der Waals surface area contributed by atoms with Crippen molar-refractivity contribution in [1.82, 2.24) is 9.78 Å². The van der Waals surface area contributed by atoms with Gasteiger partial charge in [0.2, 0.25) is 5.78 Å². The Bertz CT molecular complexity index is 571. The SMILES string of the molecule is Cc1c(Br)cccc1C(=O)c1c(Br)cnn1C. The molecule has 0 bridgehead atoms. The van der Waals surface area contributed by atoms with Crippen LogP contribution in [0.1, 0.15) is 21.6 Å². The lowest BCUT2D eigenvalue weighted by molar-refractivity contribution is 0.102. The van der Waals surface area contributed by atoms with E-state index in [0.29, 0.717) is 15.7 Å². The lowest BCUT2D eigenvalue weighted by atomic mass is 10.0. The van der Waals surface area contributed by atoms with Crippen LogP contribution < -0.4 is 0 Å². The average Bonchev–Trinajstić information content (AvgIpc) is 2.62. The van der Waals surface area contributed by atoms with Crippen molar-refractivity contribution in [2.24, 2.45) is 7.05 Å². The first kappa shape index (κ1) is 12.5. The van der Waals surface area contributed by atoms with E-state index < -0.39 is 0 Å². The molecule has 0 saturated heterocycles. The first-order chi connectivity index (χ1) is 8.02. The minimum atomic E-state index is -0.0318. The van der Waals surface area contributed by atoms with E-state index in [1.165, 1.54) is 0 Å². The number of carbonyl (C=O) groups excluding carboxylic acids is 1. The molecule has 0 unspecified atom stereocenters. The third kappa shape index (κ3) is 2.21. The van der Waals surface area contributed by atoms with E-state index in [9.17, 15) is 4.79 Å². The molecule has 2 rings (SSSR count). The predicted octanol–water partition coefficient (Wildman–Crippen LogP) is 3.48. The van der Waals surface area contributed by atoms with Crippen molar-refractivity contribution in [2.45, 2.75) is 6.92 Å². The van der Waals surface area contributed by atoms with Gasteiger partial charge >= 0.3 is 0 Å². The Balaban J connectivity index is 2.55. The van der Waals surface area contributed by atoms with Gasteiger partial charge in [0.15, 0.2) is 0 Å². The molecule has 1 aromatic heterocycles. The number of hydrogen-bond donors (Lipinski definition) is 0. The summed E-state index contributed by atoms with van der Waals surface area (Å²) >= 11 is 6.77. The molecule has 0 aliphatic carbocycles. The van der Waals surface area contributed by atoms with Crippen molar-refractivity contribution in [3.63, 3.8) is 0 Å². The largest absolute Gasteiger partial charge is 0.287 e. The fourth-order valence-corrected chi connectivity index (χ4v) is 2.54. The molecule has 17 heavy (non-hydrogen) atoms. The maximum Gasteiger partial charge on any atom is 0.212 e. The molecule has 5 heteroatoms. The summed E-state index contributed by atoms with van der Waals surface area (Å²) in [4.78, 5) is 12.4. The van der Waals surface area contributed by atoms with Crippen molar-refractivity contribution in [3.8, 4) is 0 Å². The zero-order valence-corrected chi connectivity index (χ0v) is 12.5. The highest BCUT2D eigenvalue weighted by molar-refractivity contribution is 9.10. The number of hydrogen-bond acceptors (Lipinski definition) is 2. The molecule has 0 N–H and O–H groups in total. The second-order valence-electron chi connectivity index (χ2n) is 3.71. The molecular formula is C12H10Br2N2O. The minimum Gasteiger partial charge on any atom is -0.287 e. The molecule has 0 atom stereocenters. The van der Waals surface area contributed by atoms with Gasteiger partial charge in [-0.15, -0.1) is 0 Å². The van der Waals surface area contributed by atoms with Crippen LogP contribution in [0.5, 0.6) is 0 Å². The molecule has 2 aromatic rings. The van der Waals surface area contributed by atoms with Crippen molar-refractivity contribution >= 4 is 37.6 Å². The molecule has 0 saturated carbocycles. The molecule has 3 nitrogen and oxygen atoms in total. The van der Waals surface area contributed by atoms with Gasteiger partial charge in [0.25, 0.3) is 0 Å². The lowest BCUT2D eigenvalue weighted by Crippen LogP contribution is -2.10. The van der Waals surface area contributed by atoms with Crippen LogP contribution in [0.25, 0.3) is 0 Å². The Morgan fingerprint density at radius 3 is 2.59 bits per heavy atom. The fourth-order valence-electron chi connectivity index (χ4n) is 1.65. The number of aryl methyl sites for hydroxylation is 1. The molecule has 1 heterocycles. The molecule has 0 fully saturated rings. The Hall–Kier alpha value is -0.940. The van der Waals surface area contributed by atoms with E-state index in [0.717, 1.165) is 10.0 Å². The summed E-state index contributed by atoms with van der Waals surface area (Å²) in [6, 6.07) is 5.60. The van der Waals surface area contributed by atoms with Gasteiger partial charge in [0.05, 0.1) is 10.7 Å². The number of aromatic nitrogens is 2. The Labute approximate surface area is 116 Å². The molecule has 0 aliphatic rings. The maximum atomic E-state index is 12.4. The third-order valence-electron chi connectivity index (χ3n) is 2.62. The van der Waals surface area contributed by atoms with E-state index in [1.54, 1.807) is 17.9 Å². The topological polar surface area (TPSA) is 34.9 Å². The predicted molar refractivity (Wildman–Crippen MR) is 73.2 cm³/mol. The van der Waals surface area contributed by atoms with Gasteiger partial charge in [-0.1, -0.05) is 28.1 Å². The molecule has 0 spiro atoms. The van der Waals surface area contributed by atoms with Crippen LogP contribution in [0.3, 0.4) is 0 Å². The van der Waals surface area contributed by atoms with Crippen LogP contribution in [0.4, 0.5) is 0 Å². The maximum absolute atomic E-state index is 12.4. The number of rotatable bonds is 2. The highest BCUT2D eigenvalue weighted by Gasteiger charge is 2.19. The monoisotopic (exact) mass is 356 g/mol. The van der Waals surface area contributed by atoms with Crippen molar-refractivity contribution in [1.29, 1.82) is 0 Å². The summed E-state index contributed by atoms with van der Waals surface area (Å²) in [6.07, 6.45) is 1.63. The number of nitrogens with zero attached hydrogens (tertiary/aromatic N) is 2. The molecule has 0 amide bonds. The van der Waals surface area contributed by atoms with Gasteiger partial charge < -0.3 is 0 Å². The summed E-state index contributed by atoms with van der Waals surface area (Å²) in [5, 5.41) is 4.05. The first-order valence-electron chi connectivity index (χ1n) is 4.99. The second kappa shape index (κ2) is 4.74. The standard InChI is InChI=1S/C12H10Br2N2O/c1-7-8(4-3-5-9(7)13)12(17)11-10(14)6-15-16(11)2/h3-6H,1-2H3. The minimum absolute atomic E-state index is 0.0318. The Morgan fingerprint density at radius 2 is 2.00 bits per heavy atom. The van der Waals surface area contributed by atoms with Gasteiger partial charge in [-0.3, -0.25) is 9.48 Å².